The number of thiazole rings is 1. The van der Waals surface area contributed by atoms with E-state index in [2.05, 4.69) is 11.6 Å². The van der Waals surface area contributed by atoms with Crippen LogP contribution in [0.4, 0.5) is 0 Å². The molecule has 0 saturated carbocycles. The van der Waals surface area contributed by atoms with Crippen LogP contribution in [-0.2, 0) is 16.0 Å². The second kappa shape index (κ2) is 6.15. The molecule has 0 unspecified atom stereocenters. The lowest BCUT2D eigenvalue weighted by Gasteiger charge is -1.98. The van der Waals surface area contributed by atoms with Gasteiger partial charge >= 0.3 is 5.97 Å². The van der Waals surface area contributed by atoms with Gasteiger partial charge in [0.05, 0.1) is 6.42 Å². The number of phenols is 1. The highest BCUT2D eigenvalue weighted by molar-refractivity contribution is 7.15. The van der Waals surface area contributed by atoms with Crippen LogP contribution in [0.15, 0.2) is 43.1 Å². The average Bonchev–Trinajstić information content (AvgIpc) is 2.85. The quantitative estimate of drug-likeness (QED) is 0.673. The van der Waals surface area contributed by atoms with Gasteiger partial charge in [0, 0.05) is 16.6 Å². The molecule has 1 heterocycles. The van der Waals surface area contributed by atoms with Crippen molar-refractivity contribution in [2.45, 2.75) is 6.42 Å². The molecule has 98 valence electrons. The van der Waals surface area contributed by atoms with Crippen LogP contribution in [0.2, 0.25) is 0 Å². The van der Waals surface area contributed by atoms with Crippen molar-refractivity contribution < 1.29 is 14.6 Å². The summed E-state index contributed by atoms with van der Waals surface area (Å²) >= 11 is 1.43. The Morgan fingerprint density at radius 3 is 2.84 bits per heavy atom. The normalized spacial score (nSPS) is 10.1. The number of benzene rings is 1. The van der Waals surface area contributed by atoms with Crippen LogP contribution < -0.4 is 0 Å². The monoisotopic (exact) mass is 275 g/mol. The molecule has 0 fully saturated rings. The second-order valence-electron chi connectivity index (χ2n) is 3.83. The fourth-order valence-electron chi connectivity index (χ4n) is 1.47. The van der Waals surface area contributed by atoms with Gasteiger partial charge in [0.15, 0.2) is 0 Å². The van der Waals surface area contributed by atoms with Gasteiger partial charge in [-0.3, -0.25) is 4.79 Å². The highest BCUT2D eigenvalue weighted by Crippen LogP contribution is 2.26. The zero-order valence-corrected chi connectivity index (χ0v) is 11.0. The molecule has 1 N–H and O–H groups in total. The molecule has 0 saturated heterocycles. The van der Waals surface area contributed by atoms with Gasteiger partial charge in [-0.2, -0.15) is 0 Å². The van der Waals surface area contributed by atoms with Crippen molar-refractivity contribution in [3.05, 3.63) is 48.0 Å². The second-order valence-corrected chi connectivity index (χ2v) is 4.94. The molecule has 0 aliphatic rings. The standard InChI is InChI=1S/C14H13NO3S/c1-2-7-18-13(17)8-12-9-15-14(19-12)10-3-5-11(16)6-4-10/h2-6,9,16H,1,7-8H2. The molecular formula is C14H13NO3S. The van der Waals surface area contributed by atoms with Crippen molar-refractivity contribution in [2.75, 3.05) is 6.61 Å². The summed E-state index contributed by atoms with van der Waals surface area (Å²) in [5.74, 6) is -0.0747. The SMILES string of the molecule is C=CCOC(=O)Cc1cnc(-c2ccc(O)cc2)s1. The molecule has 19 heavy (non-hydrogen) atoms. The Morgan fingerprint density at radius 1 is 1.42 bits per heavy atom. The van der Waals surface area contributed by atoms with Crippen LogP contribution in [0.25, 0.3) is 10.6 Å². The number of carbonyl (C=O) groups is 1. The van der Waals surface area contributed by atoms with Gasteiger partial charge < -0.3 is 9.84 Å². The first-order chi connectivity index (χ1) is 9.19. The summed E-state index contributed by atoms with van der Waals surface area (Å²) in [7, 11) is 0. The van der Waals surface area contributed by atoms with Crippen LogP contribution in [0, 0.1) is 0 Å². The maximum Gasteiger partial charge on any atom is 0.311 e. The van der Waals surface area contributed by atoms with Gasteiger partial charge in [0.2, 0.25) is 0 Å². The molecule has 0 aliphatic carbocycles. The van der Waals surface area contributed by atoms with E-state index >= 15 is 0 Å². The number of esters is 1. The maximum absolute atomic E-state index is 11.4. The average molecular weight is 275 g/mol. The van der Waals surface area contributed by atoms with Crippen molar-refractivity contribution in [3.8, 4) is 16.3 Å². The number of phenolic OH excluding ortho intramolecular Hbond substituents is 1. The van der Waals surface area contributed by atoms with E-state index in [0.717, 1.165) is 15.4 Å². The minimum Gasteiger partial charge on any atom is -0.508 e. The molecule has 1 aromatic heterocycles. The first kappa shape index (κ1) is 13.3. The lowest BCUT2D eigenvalue weighted by atomic mass is 10.2. The van der Waals surface area contributed by atoms with Gasteiger partial charge in [-0.1, -0.05) is 12.7 Å². The smallest absolute Gasteiger partial charge is 0.311 e. The number of aromatic nitrogens is 1. The van der Waals surface area contributed by atoms with E-state index in [1.54, 1.807) is 30.5 Å². The summed E-state index contributed by atoms with van der Waals surface area (Å²) in [5.41, 5.74) is 0.911. The summed E-state index contributed by atoms with van der Waals surface area (Å²) in [4.78, 5) is 16.5. The van der Waals surface area contributed by atoms with Crippen molar-refractivity contribution in [1.29, 1.82) is 0 Å². The van der Waals surface area contributed by atoms with Gasteiger partial charge in [0.1, 0.15) is 17.4 Å². The minimum absolute atomic E-state index is 0.212. The van der Waals surface area contributed by atoms with E-state index in [1.807, 2.05) is 0 Å². The van der Waals surface area contributed by atoms with Gasteiger partial charge in [0.25, 0.3) is 0 Å². The van der Waals surface area contributed by atoms with Crippen molar-refractivity contribution in [3.63, 3.8) is 0 Å². The van der Waals surface area contributed by atoms with Crippen LogP contribution >= 0.6 is 11.3 Å². The number of ether oxygens (including phenoxy) is 1. The molecule has 2 rings (SSSR count). The van der Waals surface area contributed by atoms with Crippen LogP contribution in [0.1, 0.15) is 4.88 Å². The zero-order chi connectivity index (χ0) is 13.7. The Kier molecular flexibility index (Phi) is 4.30. The summed E-state index contributed by atoms with van der Waals surface area (Å²) in [6.45, 7) is 3.71. The Bertz CT molecular complexity index is 575. The first-order valence-corrected chi connectivity index (χ1v) is 6.51. The third-order valence-electron chi connectivity index (χ3n) is 2.35. The molecule has 2 aromatic rings. The van der Waals surface area contributed by atoms with Crippen molar-refractivity contribution >= 4 is 17.3 Å². The Morgan fingerprint density at radius 2 is 2.16 bits per heavy atom. The van der Waals surface area contributed by atoms with E-state index in [0.29, 0.717) is 0 Å². The van der Waals surface area contributed by atoms with Gasteiger partial charge in [-0.25, -0.2) is 4.98 Å². The topological polar surface area (TPSA) is 59.4 Å². The van der Waals surface area contributed by atoms with E-state index in [-0.39, 0.29) is 24.7 Å². The van der Waals surface area contributed by atoms with E-state index < -0.39 is 0 Å². The van der Waals surface area contributed by atoms with Gasteiger partial charge in [-0.05, 0) is 24.3 Å². The number of carbonyl (C=O) groups excluding carboxylic acids is 1. The molecule has 0 spiro atoms. The Balaban J connectivity index is 2.04. The molecule has 5 heteroatoms. The highest BCUT2D eigenvalue weighted by Gasteiger charge is 2.09. The van der Waals surface area contributed by atoms with Crippen LogP contribution in [-0.4, -0.2) is 22.7 Å². The fraction of sp³-hybridized carbons (Fsp3) is 0.143. The summed E-state index contributed by atoms with van der Waals surface area (Å²) in [6.07, 6.45) is 3.41. The van der Waals surface area contributed by atoms with E-state index in [4.69, 9.17) is 4.74 Å². The third-order valence-corrected chi connectivity index (χ3v) is 3.39. The summed E-state index contributed by atoms with van der Waals surface area (Å²) in [5, 5.41) is 10.0. The number of hydrogen-bond donors (Lipinski definition) is 1. The zero-order valence-electron chi connectivity index (χ0n) is 10.2. The molecule has 4 nitrogen and oxygen atoms in total. The largest absolute Gasteiger partial charge is 0.508 e. The number of rotatable bonds is 5. The molecular weight excluding hydrogens is 262 g/mol. The van der Waals surface area contributed by atoms with Crippen LogP contribution in [0.5, 0.6) is 5.75 Å². The summed E-state index contributed by atoms with van der Waals surface area (Å²) < 4.78 is 4.91. The highest BCUT2D eigenvalue weighted by atomic mass is 32.1. The summed E-state index contributed by atoms with van der Waals surface area (Å²) in [6, 6.07) is 6.78. The molecule has 0 atom stereocenters. The van der Waals surface area contributed by atoms with E-state index in [1.165, 1.54) is 17.4 Å². The fourth-order valence-corrected chi connectivity index (χ4v) is 2.37. The molecule has 1 aromatic carbocycles. The molecule has 0 amide bonds. The predicted octanol–water partition coefficient (Wildman–Crippen LogP) is 2.79. The van der Waals surface area contributed by atoms with Crippen LogP contribution in [0.3, 0.4) is 0 Å². The lowest BCUT2D eigenvalue weighted by Crippen LogP contribution is -2.06. The first-order valence-electron chi connectivity index (χ1n) is 5.69. The number of hydrogen-bond acceptors (Lipinski definition) is 5. The molecule has 0 aliphatic heterocycles. The lowest BCUT2D eigenvalue weighted by molar-refractivity contribution is -0.141. The predicted molar refractivity (Wildman–Crippen MR) is 74.1 cm³/mol. The Hall–Kier alpha value is -2.14. The van der Waals surface area contributed by atoms with Crippen molar-refractivity contribution in [2.24, 2.45) is 0 Å². The number of aromatic hydroxyl groups is 1. The molecule has 0 bridgehead atoms. The Labute approximate surface area is 115 Å². The third kappa shape index (κ3) is 3.66. The van der Waals surface area contributed by atoms with E-state index in [9.17, 15) is 9.90 Å². The molecule has 0 radical (unpaired) electrons. The van der Waals surface area contributed by atoms with Crippen molar-refractivity contribution in [1.82, 2.24) is 4.98 Å². The number of nitrogens with zero attached hydrogens (tertiary/aromatic N) is 1. The maximum atomic E-state index is 11.4. The minimum atomic E-state index is -0.291. The van der Waals surface area contributed by atoms with Gasteiger partial charge in [-0.15, -0.1) is 11.3 Å².